The Morgan fingerprint density at radius 2 is 2.00 bits per heavy atom. The van der Waals surface area contributed by atoms with Gasteiger partial charge in [0.05, 0.1) is 27.8 Å². The first kappa shape index (κ1) is 24.1. The first-order chi connectivity index (χ1) is 15.0. The van der Waals surface area contributed by atoms with Gasteiger partial charge in [-0.25, -0.2) is 4.79 Å². The predicted molar refractivity (Wildman–Crippen MR) is 111 cm³/mol. The van der Waals surface area contributed by atoms with Gasteiger partial charge in [-0.1, -0.05) is 18.5 Å². The molecule has 32 heavy (non-hydrogen) atoms. The zero-order valence-electron chi connectivity index (χ0n) is 17.1. The zero-order chi connectivity index (χ0) is 23.8. The third-order valence-electron chi connectivity index (χ3n) is 4.72. The number of primary amides is 1. The average Bonchev–Trinajstić information content (AvgIpc) is 3.38. The highest BCUT2D eigenvalue weighted by atomic mass is 35.5. The minimum absolute atomic E-state index is 0.0182. The van der Waals surface area contributed by atoms with Gasteiger partial charge in [-0.15, -0.1) is 11.3 Å². The summed E-state index contributed by atoms with van der Waals surface area (Å²) in [5.41, 5.74) is 4.47. The maximum atomic E-state index is 13.2. The number of carbonyl (C=O) groups excluding carboxylic acids is 3. The number of hydrogen-bond acceptors (Lipinski definition) is 6. The summed E-state index contributed by atoms with van der Waals surface area (Å²) in [7, 11) is 0. The lowest BCUT2D eigenvalue weighted by Crippen LogP contribution is -2.22. The van der Waals surface area contributed by atoms with Crippen molar-refractivity contribution in [2.45, 2.75) is 51.7 Å². The van der Waals surface area contributed by atoms with Crippen LogP contribution in [0.15, 0.2) is 0 Å². The van der Waals surface area contributed by atoms with E-state index in [1.54, 1.807) is 6.92 Å². The normalized spacial score (nSPS) is 13.8. The molecule has 2 aromatic rings. The Morgan fingerprint density at radius 1 is 1.34 bits per heavy atom. The van der Waals surface area contributed by atoms with Crippen molar-refractivity contribution in [3.63, 3.8) is 0 Å². The minimum atomic E-state index is -4.76. The van der Waals surface area contributed by atoms with Crippen molar-refractivity contribution in [2.75, 3.05) is 11.9 Å². The van der Waals surface area contributed by atoms with Crippen LogP contribution in [-0.2, 0) is 22.3 Å². The molecule has 2 aromatic heterocycles. The van der Waals surface area contributed by atoms with Crippen LogP contribution in [0.3, 0.4) is 0 Å². The summed E-state index contributed by atoms with van der Waals surface area (Å²) >= 11 is 6.71. The van der Waals surface area contributed by atoms with E-state index in [1.807, 2.05) is 0 Å². The number of ether oxygens (including phenoxy) is 1. The van der Waals surface area contributed by atoms with Gasteiger partial charge in [-0.2, -0.15) is 18.3 Å². The van der Waals surface area contributed by atoms with E-state index >= 15 is 0 Å². The molecule has 1 fully saturated rings. The van der Waals surface area contributed by atoms with Gasteiger partial charge in [-0.05, 0) is 31.7 Å². The van der Waals surface area contributed by atoms with Crippen molar-refractivity contribution < 1.29 is 32.3 Å². The number of carbonyl (C=O) groups is 3. The third-order valence-corrected chi connectivity index (χ3v) is 6.32. The van der Waals surface area contributed by atoms with Gasteiger partial charge in [0, 0.05) is 5.92 Å². The van der Waals surface area contributed by atoms with E-state index in [4.69, 9.17) is 22.1 Å². The number of hydrogen-bond donors (Lipinski definition) is 2. The Balaban J connectivity index is 1.89. The fourth-order valence-corrected chi connectivity index (χ4v) is 4.61. The van der Waals surface area contributed by atoms with E-state index in [0.29, 0.717) is 19.3 Å². The Bertz CT molecular complexity index is 1080. The van der Waals surface area contributed by atoms with Gasteiger partial charge < -0.3 is 15.8 Å². The van der Waals surface area contributed by atoms with Gasteiger partial charge in [0.2, 0.25) is 5.91 Å². The van der Waals surface area contributed by atoms with Gasteiger partial charge in [0.15, 0.2) is 5.69 Å². The van der Waals surface area contributed by atoms with Crippen molar-refractivity contribution in [3.8, 4) is 0 Å². The van der Waals surface area contributed by atoms with Gasteiger partial charge in [0.25, 0.3) is 5.91 Å². The number of alkyl halides is 3. The number of thiophene rings is 1. The van der Waals surface area contributed by atoms with Crippen molar-refractivity contribution in [1.29, 1.82) is 0 Å². The zero-order valence-corrected chi connectivity index (χ0v) is 18.7. The molecule has 13 heteroatoms. The smallest absolute Gasteiger partial charge is 0.436 e. The summed E-state index contributed by atoms with van der Waals surface area (Å²) in [6.07, 6.45) is -2.92. The Labute approximate surface area is 189 Å². The van der Waals surface area contributed by atoms with Crippen molar-refractivity contribution in [3.05, 3.63) is 32.4 Å². The molecule has 3 rings (SSSR count). The molecule has 1 aliphatic carbocycles. The number of aromatic nitrogens is 2. The van der Waals surface area contributed by atoms with Crippen LogP contribution < -0.4 is 11.1 Å². The van der Waals surface area contributed by atoms with Crippen LogP contribution >= 0.6 is 22.9 Å². The quantitative estimate of drug-likeness (QED) is 0.538. The second-order valence-electron chi connectivity index (χ2n) is 7.29. The molecule has 2 amide bonds. The van der Waals surface area contributed by atoms with Gasteiger partial charge >= 0.3 is 12.1 Å². The number of nitrogens with one attached hydrogen (secondary N) is 1. The summed E-state index contributed by atoms with van der Waals surface area (Å²) in [4.78, 5) is 36.9. The lowest BCUT2D eigenvalue weighted by atomic mass is 10.1. The van der Waals surface area contributed by atoms with Gasteiger partial charge in [0.1, 0.15) is 11.5 Å². The molecule has 0 spiro atoms. The first-order valence-corrected chi connectivity index (χ1v) is 10.9. The van der Waals surface area contributed by atoms with Crippen LogP contribution in [0, 0.1) is 6.92 Å². The monoisotopic (exact) mass is 492 g/mol. The highest BCUT2D eigenvalue weighted by Gasteiger charge is 2.42. The molecule has 1 aliphatic rings. The molecule has 2 heterocycles. The maximum absolute atomic E-state index is 13.2. The molecule has 174 valence electrons. The van der Waals surface area contributed by atoms with E-state index in [-0.39, 0.29) is 39.2 Å². The van der Waals surface area contributed by atoms with Crippen molar-refractivity contribution in [2.24, 2.45) is 5.73 Å². The molecule has 0 aliphatic heterocycles. The fraction of sp³-hybridized carbons (Fsp3) is 0.474. The van der Waals surface area contributed by atoms with E-state index < -0.39 is 41.2 Å². The summed E-state index contributed by atoms with van der Waals surface area (Å²) in [6.45, 7) is 2.86. The largest absolute Gasteiger partial charge is 0.462 e. The van der Waals surface area contributed by atoms with Crippen molar-refractivity contribution in [1.82, 2.24) is 9.78 Å². The number of rotatable bonds is 8. The Morgan fingerprint density at radius 3 is 2.53 bits per heavy atom. The molecular formula is C19H20ClF3N4O4S. The molecular weight excluding hydrogens is 473 g/mol. The van der Waals surface area contributed by atoms with E-state index in [9.17, 15) is 27.6 Å². The summed E-state index contributed by atoms with van der Waals surface area (Å²) < 4.78 is 45.7. The van der Waals surface area contributed by atoms with Crippen LogP contribution in [0.2, 0.25) is 5.02 Å². The van der Waals surface area contributed by atoms with Crippen LogP contribution in [0.1, 0.15) is 69.1 Å². The molecule has 0 aromatic carbocycles. The lowest BCUT2D eigenvalue weighted by Gasteiger charge is -2.09. The summed E-state index contributed by atoms with van der Waals surface area (Å²) in [5, 5.41) is 5.49. The highest BCUT2D eigenvalue weighted by Crippen LogP contribution is 2.47. The number of anilines is 1. The van der Waals surface area contributed by atoms with Crippen LogP contribution in [0.4, 0.5) is 18.2 Å². The first-order valence-electron chi connectivity index (χ1n) is 9.69. The van der Waals surface area contributed by atoms with Crippen molar-refractivity contribution >= 4 is 45.7 Å². The standard InChI is InChI=1S/C19H20ClF3N4O4S/c1-3-6-31-18(30)11-8(2)14(16(24)29)32-17(11)25-10(28)7-27-13(9-4-5-9)12(20)15(26-27)19(21,22)23/h9H,3-7H2,1-2H3,(H2,24,29)(H,25,28). The predicted octanol–water partition coefficient (Wildman–Crippen LogP) is 4.11. The third kappa shape index (κ3) is 4.90. The SMILES string of the molecule is CCCOC(=O)c1c(NC(=O)Cn2nc(C(F)(F)F)c(Cl)c2C2CC2)sc(C(N)=O)c1C. The molecule has 1 saturated carbocycles. The second kappa shape index (κ2) is 9.10. The molecule has 8 nitrogen and oxygen atoms in total. The summed E-state index contributed by atoms with van der Waals surface area (Å²) in [6, 6.07) is 0. The molecule has 0 saturated heterocycles. The molecule has 3 N–H and O–H groups in total. The number of esters is 1. The highest BCUT2D eigenvalue weighted by molar-refractivity contribution is 7.18. The number of nitrogens with two attached hydrogens (primary N) is 1. The van der Waals surface area contributed by atoms with E-state index in [2.05, 4.69) is 10.4 Å². The van der Waals surface area contributed by atoms with Crippen LogP contribution in [-0.4, -0.2) is 34.2 Å². The second-order valence-corrected chi connectivity index (χ2v) is 8.68. The molecule has 0 atom stereocenters. The number of amides is 2. The molecule has 0 bridgehead atoms. The maximum Gasteiger partial charge on any atom is 0.436 e. The summed E-state index contributed by atoms with van der Waals surface area (Å²) in [5.74, 6) is -2.49. The van der Waals surface area contributed by atoms with E-state index in [0.717, 1.165) is 16.0 Å². The number of halogens is 4. The van der Waals surface area contributed by atoms with Crippen LogP contribution in [0.25, 0.3) is 0 Å². The van der Waals surface area contributed by atoms with E-state index in [1.165, 1.54) is 6.92 Å². The molecule has 0 unspecified atom stereocenters. The average molecular weight is 493 g/mol. The minimum Gasteiger partial charge on any atom is -0.462 e. The lowest BCUT2D eigenvalue weighted by molar-refractivity contribution is -0.141. The topological polar surface area (TPSA) is 116 Å². The fourth-order valence-electron chi connectivity index (χ4n) is 3.15. The number of nitrogens with zero attached hydrogens (tertiary/aromatic N) is 2. The van der Waals surface area contributed by atoms with Gasteiger partial charge in [-0.3, -0.25) is 14.3 Å². The Kier molecular flexibility index (Phi) is 6.84. The molecule has 0 radical (unpaired) electrons. The van der Waals surface area contributed by atoms with Crippen LogP contribution in [0.5, 0.6) is 0 Å². The Hall–Kier alpha value is -2.60.